The highest BCUT2D eigenvalue weighted by Crippen LogP contribution is 2.30. The fourth-order valence-corrected chi connectivity index (χ4v) is 3.58. The van der Waals surface area contributed by atoms with Gasteiger partial charge in [0, 0.05) is 11.4 Å². The molecule has 4 nitrogen and oxygen atoms in total. The number of rotatable bonds is 8. The number of thioether (sulfide) groups is 1. The van der Waals surface area contributed by atoms with E-state index in [0.29, 0.717) is 5.75 Å². The predicted molar refractivity (Wildman–Crippen MR) is 105 cm³/mol. The van der Waals surface area contributed by atoms with E-state index in [1.807, 2.05) is 32.9 Å². The van der Waals surface area contributed by atoms with Gasteiger partial charge in [-0.15, -0.1) is 11.8 Å². The molecule has 0 aromatic heterocycles. The van der Waals surface area contributed by atoms with E-state index in [4.69, 9.17) is 4.74 Å². The van der Waals surface area contributed by atoms with E-state index in [0.717, 1.165) is 27.9 Å². The molecule has 0 heterocycles. The fourth-order valence-electron chi connectivity index (χ4n) is 2.81. The van der Waals surface area contributed by atoms with E-state index in [2.05, 4.69) is 10.1 Å². The van der Waals surface area contributed by atoms with Crippen LogP contribution in [-0.4, -0.2) is 25.4 Å². The predicted octanol–water partition coefficient (Wildman–Crippen LogP) is 5.09. The molecular formula is C20H23F2NO3S. The second-order valence-corrected chi connectivity index (χ2v) is 7.16. The number of alkyl halides is 2. The minimum atomic E-state index is -2.91. The van der Waals surface area contributed by atoms with Gasteiger partial charge < -0.3 is 14.8 Å². The number of nitrogens with one attached hydrogen (secondary N) is 1. The van der Waals surface area contributed by atoms with Crippen LogP contribution in [0.2, 0.25) is 0 Å². The molecule has 2 rings (SSSR count). The first-order chi connectivity index (χ1) is 12.8. The summed E-state index contributed by atoms with van der Waals surface area (Å²) in [6.45, 7) is 3.06. The summed E-state index contributed by atoms with van der Waals surface area (Å²) in [4.78, 5) is 12.2. The van der Waals surface area contributed by atoms with Gasteiger partial charge in [-0.1, -0.05) is 23.8 Å². The lowest BCUT2D eigenvalue weighted by Crippen LogP contribution is -2.16. The lowest BCUT2D eigenvalue weighted by molar-refractivity contribution is -0.113. The summed E-state index contributed by atoms with van der Waals surface area (Å²) in [5.74, 6) is 0.974. The average molecular weight is 395 g/mol. The SMILES string of the molecule is COc1cc(CSCC(=O)Nc2c(C)cc(C)cc2C)ccc1OC(F)F. The molecule has 1 amide bonds. The third-order valence-electron chi connectivity index (χ3n) is 3.89. The summed E-state index contributed by atoms with van der Waals surface area (Å²) in [6.07, 6.45) is 0. The zero-order valence-electron chi connectivity index (χ0n) is 15.8. The topological polar surface area (TPSA) is 47.6 Å². The maximum Gasteiger partial charge on any atom is 0.387 e. The molecule has 2 aromatic rings. The van der Waals surface area contributed by atoms with Crippen molar-refractivity contribution in [3.8, 4) is 11.5 Å². The second kappa shape index (κ2) is 9.60. The average Bonchev–Trinajstić information content (AvgIpc) is 2.58. The molecule has 0 saturated heterocycles. The van der Waals surface area contributed by atoms with E-state index in [1.54, 1.807) is 12.1 Å². The van der Waals surface area contributed by atoms with Gasteiger partial charge in [-0.25, -0.2) is 0 Å². The van der Waals surface area contributed by atoms with Crippen LogP contribution in [0, 0.1) is 20.8 Å². The number of hydrogen-bond donors (Lipinski definition) is 1. The second-order valence-electron chi connectivity index (χ2n) is 6.18. The Morgan fingerprint density at radius 1 is 1.11 bits per heavy atom. The first kappa shape index (κ1) is 21.0. The van der Waals surface area contributed by atoms with Gasteiger partial charge in [-0.3, -0.25) is 4.79 Å². The Kier molecular flexibility index (Phi) is 7.47. The van der Waals surface area contributed by atoms with E-state index >= 15 is 0 Å². The first-order valence-corrected chi connectivity index (χ1v) is 9.52. The van der Waals surface area contributed by atoms with Gasteiger partial charge in [0.2, 0.25) is 5.91 Å². The van der Waals surface area contributed by atoms with Crippen molar-refractivity contribution in [2.24, 2.45) is 0 Å². The number of benzene rings is 2. The van der Waals surface area contributed by atoms with Crippen LogP contribution in [0.4, 0.5) is 14.5 Å². The molecule has 0 saturated carbocycles. The van der Waals surface area contributed by atoms with Crippen LogP contribution in [0.5, 0.6) is 11.5 Å². The zero-order chi connectivity index (χ0) is 20.0. The van der Waals surface area contributed by atoms with Crippen molar-refractivity contribution in [3.63, 3.8) is 0 Å². The normalized spacial score (nSPS) is 10.8. The third kappa shape index (κ3) is 6.13. The van der Waals surface area contributed by atoms with Gasteiger partial charge in [-0.05, 0) is 49.6 Å². The Morgan fingerprint density at radius 3 is 2.37 bits per heavy atom. The van der Waals surface area contributed by atoms with Gasteiger partial charge in [0.15, 0.2) is 11.5 Å². The summed E-state index contributed by atoms with van der Waals surface area (Å²) < 4.78 is 34.2. The number of carbonyl (C=O) groups excluding carboxylic acids is 1. The van der Waals surface area contributed by atoms with Gasteiger partial charge in [0.25, 0.3) is 0 Å². The fraction of sp³-hybridized carbons (Fsp3) is 0.350. The molecule has 146 valence electrons. The van der Waals surface area contributed by atoms with Crippen molar-refractivity contribution < 1.29 is 23.0 Å². The van der Waals surface area contributed by atoms with Crippen LogP contribution in [-0.2, 0) is 10.5 Å². The number of halogens is 2. The quantitative estimate of drug-likeness (QED) is 0.676. The molecule has 2 aromatic carbocycles. The molecule has 0 radical (unpaired) electrons. The number of aryl methyl sites for hydroxylation is 3. The Bertz CT molecular complexity index is 789. The van der Waals surface area contributed by atoms with Crippen LogP contribution in [0.25, 0.3) is 0 Å². The Morgan fingerprint density at radius 2 is 1.78 bits per heavy atom. The third-order valence-corrected chi connectivity index (χ3v) is 4.89. The summed E-state index contributed by atoms with van der Waals surface area (Å²) in [6, 6.07) is 8.83. The van der Waals surface area contributed by atoms with Gasteiger partial charge in [-0.2, -0.15) is 8.78 Å². The van der Waals surface area contributed by atoms with Crippen LogP contribution in [0.1, 0.15) is 22.3 Å². The van der Waals surface area contributed by atoms with Crippen molar-refractivity contribution in [3.05, 3.63) is 52.6 Å². The van der Waals surface area contributed by atoms with Crippen molar-refractivity contribution in [2.45, 2.75) is 33.1 Å². The molecule has 27 heavy (non-hydrogen) atoms. The van der Waals surface area contributed by atoms with E-state index in [9.17, 15) is 13.6 Å². The molecule has 0 bridgehead atoms. The van der Waals surface area contributed by atoms with Crippen molar-refractivity contribution in [2.75, 3.05) is 18.2 Å². The molecule has 0 aliphatic carbocycles. The summed E-state index contributed by atoms with van der Waals surface area (Å²) in [5, 5.41) is 2.96. The van der Waals surface area contributed by atoms with Crippen LogP contribution in [0.15, 0.2) is 30.3 Å². The van der Waals surface area contributed by atoms with Crippen molar-refractivity contribution >= 4 is 23.4 Å². The lowest BCUT2D eigenvalue weighted by Gasteiger charge is -2.13. The summed E-state index contributed by atoms with van der Waals surface area (Å²) in [7, 11) is 1.39. The van der Waals surface area contributed by atoms with E-state index in [-0.39, 0.29) is 23.2 Å². The molecule has 0 aliphatic rings. The molecule has 0 aliphatic heterocycles. The van der Waals surface area contributed by atoms with Gasteiger partial charge in [0.1, 0.15) is 0 Å². The highest BCUT2D eigenvalue weighted by atomic mass is 32.2. The molecule has 0 atom stereocenters. The van der Waals surface area contributed by atoms with Crippen LogP contribution in [0.3, 0.4) is 0 Å². The summed E-state index contributed by atoms with van der Waals surface area (Å²) >= 11 is 1.43. The van der Waals surface area contributed by atoms with Gasteiger partial charge >= 0.3 is 6.61 Å². The molecule has 0 spiro atoms. The smallest absolute Gasteiger partial charge is 0.387 e. The molecular weight excluding hydrogens is 372 g/mol. The highest BCUT2D eigenvalue weighted by molar-refractivity contribution is 7.99. The van der Waals surface area contributed by atoms with Crippen molar-refractivity contribution in [1.82, 2.24) is 0 Å². The van der Waals surface area contributed by atoms with Gasteiger partial charge in [0.05, 0.1) is 12.9 Å². The van der Waals surface area contributed by atoms with Crippen LogP contribution < -0.4 is 14.8 Å². The summed E-state index contributed by atoms with van der Waals surface area (Å²) in [5.41, 5.74) is 4.93. The molecule has 0 unspecified atom stereocenters. The van der Waals surface area contributed by atoms with Crippen molar-refractivity contribution in [1.29, 1.82) is 0 Å². The number of carbonyl (C=O) groups is 1. The van der Waals surface area contributed by atoms with E-state index < -0.39 is 6.61 Å². The Hall–Kier alpha value is -2.28. The Balaban J connectivity index is 1.91. The number of amides is 1. The molecule has 0 fully saturated rings. The minimum Gasteiger partial charge on any atom is -0.493 e. The highest BCUT2D eigenvalue weighted by Gasteiger charge is 2.12. The number of ether oxygens (including phenoxy) is 2. The standard InChI is InChI=1S/C20H23F2NO3S/c1-12-7-13(2)19(14(3)8-12)23-18(24)11-27-10-15-5-6-16(26-20(21)22)17(9-15)25-4/h5-9,20H,10-11H2,1-4H3,(H,23,24). The molecule has 1 N–H and O–H groups in total. The lowest BCUT2D eigenvalue weighted by atomic mass is 10.1. The Labute approximate surface area is 162 Å². The maximum absolute atomic E-state index is 12.4. The number of methoxy groups -OCH3 is 1. The van der Waals surface area contributed by atoms with Crippen LogP contribution >= 0.6 is 11.8 Å². The zero-order valence-corrected chi connectivity index (χ0v) is 16.6. The number of hydrogen-bond acceptors (Lipinski definition) is 4. The maximum atomic E-state index is 12.4. The monoisotopic (exact) mass is 395 g/mol. The first-order valence-electron chi connectivity index (χ1n) is 8.37. The largest absolute Gasteiger partial charge is 0.493 e. The minimum absolute atomic E-state index is 0.00989. The number of anilines is 1. The van der Waals surface area contributed by atoms with E-state index in [1.165, 1.54) is 24.9 Å². The molecule has 7 heteroatoms.